The number of piperidine rings is 1. The molecular formula is C16H30N2O3. The van der Waals surface area contributed by atoms with Crippen LogP contribution in [0.25, 0.3) is 0 Å². The third-order valence-corrected chi connectivity index (χ3v) is 5.03. The van der Waals surface area contributed by atoms with Gasteiger partial charge in [0.2, 0.25) is 0 Å². The Kier molecular flexibility index (Phi) is 6.02. The van der Waals surface area contributed by atoms with Gasteiger partial charge in [-0.3, -0.25) is 4.79 Å². The van der Waals surface area contributed by atoms with Crippen molar-refractivity contribution < 1.29 is 15.0 Å². The molecule has 0 aromatic carbocycles. The van der Waals surface area contributed by atoms with Crippen LogP contribution in [-0.2, 0) is 4.79 Å². The van der Waals surface area contributed by atoms with Gasteiger partial charge in [-0.15, -0.1) is 0 Å². The van der Waals surface area contributed by atoms with Crippen molar-refractivity contribution in [1.29, 1.82) is 0 Å². The van der Waals surface area contributed by atoms with E-state index in [4.69, 9.17) is 5.11 Å². The van der Waals surface area contributed by atoms with Gasteiger partial charge in [0.1, 0.15) is 0 Å². The van der Waals surface area contributed by atoms with Crippen LogP contribution in [0, 0.1) is 5.92 Å². The monoisotopic (exact) mass is 298 g/mol. The van der Waals surface area contributed by atoms with E-state index in [2.05, 4.69) is 17.1 Å². The summed E-state index contributed by atoms with van der Waals surface area (Å²) in [7, 11) is 0. The molecule has 0 spiro atoms. The number of carboxylic acid groups (broad SMARTS) is 1. The number of hydrogen-bond donors (Lipinski definition) is 3. The summed E-state index contributed by atoms with van der Waals surface area (Å²) >= 11 is 0. The standard InChI is InChI=1S/C16H30N2O3/c1-13(11-18-9-3-2-4-10-18)17-12-16(21)7-5-14(6-8-16)15(19)20/h13-14,17,21H,2-12H2,1H3,(H,19,20). The van der Waals surface area contributed by atoms with E-state index in [9.17, 15) is 9.90 Å². The van der Waals surface area contributed by atoms with E-state index in [0.717, 1.165) is 6.54 Å². The minimum Gasteiger partial charge on any atom is -0.481 e. The molecule has 0 bridgehead atoms. The number of rotatable bonds is 6. The predicted molar refractivity (Wildman–Crippen MR) is 82.3 cm³/mol. The van der Waals surface area contributed by atoms with Crippen LogP contribution in [0.4, 0.5) is 0 Å². The molecule has 1 aliphatic carbocycles. The molecule has 1 saturated carbocycles. The van der Waals surface area contributed by atoms with Gasteiger partial charge in [0.05, 0.1) is 11.5 Å². The molecule has 2 fully saturated rings. The van der Waals surface area contributed by atoms with E-state index in [1.165, 1.54) is 32.4 Å². The van der Waals surface area contributed by atoms with E-state index in [-0.39, 0.29) is 5.92 Å². The van der Waals surface area contributed by atoms with Gasteiger partial charge in [-0.25, -0.2) is 0 Å². The van der Waals surface area contributed by atoms with E-state index < -0.39 is 11.6 Å². The number of nitrogens with zero attached hydrogens (tertiary/aromatic N) is 1. The van der Waals surface area contributed by atoms with Gasteiger partial charge >= 0.3 is 5.97 Å². The summed E-state index contributed by atoms with van der Waals surface area (Å²) in [6.45, 7) is 6.16. The molecule has 0 aromatic heterocycles. The first kappa shape index (κ1) is 16.7. The smallest absolute Gasteiger partial charge is 0.306 e. The lowest BCUT2D eigenvalue weighted by atomic mass is 9.78. The molecule has 122 valence electrons. The van der Waals surface area contributed by atoms with E-state index in [0.29, 0.717) is 38.3 Å². The number of aliphatic hydroxyl groups is 1. The van der Waals surface area contributed by atoms with Gasteiger partial charge in [-0.2, -0.15) is 0 Å². The number of hydrogen-bond acceptors (Lipinski definition) is 4. The number of carboxylic acids is 1. The third-order valence-electron chi connectivity index (χ3n) is 5.03. The van der Waals surface area contributed by atoms with Crippen LogP contribution < -0.4 is 5.32 Å². The zero-order chi connectivity index (χ0) is 15.3. The lowest BCUT2D eigenvalue weighted by molar-refractivity contribution is -0.144. The third kappa shape index (κ3) is 5.24. The molecule has 1 unspecified atom stereocenters. The molecule has 1 saturated heterocycles. The number of nitrogens with one attached hydrogen (secondary N) is 1. The topological polar surface area (TPSA) is 72.8 Å². The highest BCUT2D eigenvalue weighted by molar-refractivity contribution is 5.70. The highest BCUT2D eigenvalue weighted by Gasteiger charge is 2.35. The van der Waals surface area contributed by atoms with Crippen LogP contribution in [0.15, 0.2) is 0 Å². The molecule has 0 aromatic rings. The van der Waals surface area contributed by atoms with Crippen molar-refractivity contribution in [2.75, 3.05) is 26.2 Å². The number of carbonyl (C=O) groups is 1. The van der Waals surface area contributed by atoms with Crippen LogP contribution in [0.5, 0.6) is 0 Å². The van der Waals surface area contributed by atoms with Crippen molar-refractivity contribution in [3.8, 4) is 0 Å². The summed E-state index contributed by atoms with van der Waals surface area (Å²) in [4.78, 5) is 13.4. The second-order valence-electron chi connectivity index (χ2n) is 6.98. The van der Waals surface area contributed by atoms with E-state index >= 15 is 0 Å². The van der Waals surface area contributed by atoms with Crippen LogP contribution in [0.1, 0.15) is 51.9 Å². The fraction of sp³-hybridized carbons (Fsp3) is 0.938. The molecule has 5 nitrogen and oxygen atoms in total. The summed E-state index contributed by atoms with van der Waals surface area (Å²) in [5, 5.41) is 23.0. The Morgan fingerprint density at radius 1 is 1.29 bits per heavy atom. The first-order chi connectivity index (χ1) is 9.98. The normalized spacial score (nSPS) is 32.8. The molecule has 21 heavy (non-hydrogen) atoms. The Morgan fingerprint density at radius 2 is 1.90 bits per heavy atom. The first-order valence-corrected chi connectivity index (χ1v) is 8.39. The van der Waals surface area contributed by atoms with Crippen LogP contribution in [0.3, 0.4) is 0 Å². The van der Waals surface area contributed by atoms with Gasteiger partial charge in [0, 0.05) is 19.1 Å². The van der Waals surface area contributed by atoms with Crippen molar-refractivity contribution in [3.05, 3.63) is 0 Å². The van der Waals surface area contributed by atoms with Crippen molar-refractivity contribution in [1.82, 2.24) is 10.2 Å². The summed E-state index contributed by atoms with van der Waals surface area (Å²) in [5.74, 6) is -0.987. The molecule has 5 heteroatoms. The molecule has 0 radical (unpaired) electrons. The van der Waals surface area contributed by atoms with Crippen molar-refractivity contribution in [3.63, 3.8) is 0 Å². The summed E-state index contributed by atoms with van der Waals surface area (Å²) < 4.78 is 0. The van der Waals surface area contributed by atoms with Crippen molar-refractivity contribution >= 4 is 5.97 Å². The van der Waals surface area contributed by atoms with E-state index in [1.807, 2.05) is 0 Å². The Morgan fingerprint density at radius 3 is 2.48 bits per heavy atom. The Bertz CT molecular complexity index is 334. The molecule has 2 aliphatic rings. The van der Waals surface area contributed by atoms with Gasteiger partial charge in [-0.05, 0) is 58.5 Å². The molecule has 1 aliphatic heterocycles. The average Bonchev–Trinajstić information content (AvgIpc) is 2.47. The lowest BCUT2D eigenvalue weighted by Gasteiger charge is -2.36. The maximum atomic E-state index is 11.0. The highest BCUT2D eigenvalue weighted by Crippen LogP contribution is 2.31. The predicted octanol–water partition coefficient (Wildman–Crippen LogP) is 1.46. The Hall–Kier alpha value is -0.650. The minimum atomic E-state index is -0.720. The molecular weight excluding hydrogens is 268 g/mol. The van der Waals surface area contributed by atoms with Crippen LogP contribution in [-0.4, -0.2) is 58.9 Å². The molecule has 1 heterocycles. The number of aliphatic carboxylic acids is 1. The highest BCUT2D eigenvalue weighted by atomic mass is 16.4. The first-order valence-electron chi connectivity index (χ1n) is 8.39. The second-order valence-corrected chi connectivity index (χ2v) is 6.98. The fourth-order valence-corrected chi connectivity index (χ4v) is 3.54. The number of likely N-dealkylation sites (tertiary alicyclic amines) is 1. The minimum absolute atomic E-state index is 0.268. The van der Waals surface area contributed by atoms with Crippen LogP contribution >= 0.6 is 0 Å². The maximum absolute atomic E-state index is 11.0. The fourth-order valence-electron chi connectivity index (χ4n) is 3.54. The van der Waals surface area contributed by atoms with Crippen LogP contribution in [0.2, 0.25) is 0 Å². The molecule has 2 rings (SSSR count). The molecule has 0 amide bonds. The summed E-state index contributed by atoms with van der Waals surface area (Å²) in [6.07, 6.45) is 6.31. The zero-order valence-corrected chi connectivity index (χ0v) is 13.2. The SMILES string of the molecule is CC(CN1CCCCC1)NCC1(O)CCC(C(=O)O)CC1. The molecule has 3 N–H and O–H groups in total. The van der Waals surface area contributed by atoms with Gasteiger partial charge in [0.25, 0.3) is 0 Å². The molecule has 1 atom stereocenters. The Labute approximate surface area is 127 Å². The quantitative estimate of drug-likeness (QED) is 0.692. The zero-order valence-electron chi connectivity index (χ0n) is 13.2. The second kappa shape index (κ2) is 7.56. The van der Waals surface area contributed by atoms with E-state index in [1.54, 1.807) is 0 Å². The Balaban J connectivity index is 1.68. The lowest BCUT2D eigenvalue weighted by Crippen LogP contribution is -2.49. The largest absolute Gasteiger partial charge is 0.481 e. The van der Waals surface area contributed by atoms with Gasteiger partial charge < -0.3 is 20.4 Å². The van der Waals surface area contributed by atoms with Gasteiger partial charge in [-0.1, -0.05) is 6.42 Å². The maximum Gasteiger partial charge on any atom is 0.306 e. The van der Waals surface area contributed by atoms with Crippen molar-refractivity contribution in [2.45, 2.75) is 63.5 Å². The van der Waals surface area contributed by atoms with Gasteiger partial charge in [0.15, 0.2) is 0 Å². The van der Waals surface area contributed by atoms with Crippen molar-refractivity contribution in [2.24, 2.45) is 5.92 Å². The average molecular weight is 298 g/mol. The summed E-state index contributed by atoms with van der Waals surface area (Å²) in [5.41, 5.74) is -0.720. The summed E-state index contributed by atoms with van der Waals surface area (Å²) in [6, 6.07) is 0.365.